The zero-order valence-electron chi connectivity index (χ0n) is 15.7. The molecule has 1 amide bonds. The van der Waals surface area contributed by atoms with Crippen molar-refractivity contribution in [3.8, 4) is 5.75 Å². The molecule has 138 valence electrons. The lowest BCUT2D eigenvalue weighted by Gasteiger charge is -2.30. The van der Waals surface area contributed by atoms with Crippen LogP contribution in [0.4, 0.5) is 0 Å². The lowest BCUT2D eigenvalue weighted by molar-refractivity contribution is -0.125. The number of carbonyl (C=O) groups is 1. The van der Waals surface area contributed by atoms with E-state index in [0.29, 0.717) is 12.6 Å². The van der Waals surface area contributed by atoms with Crippen molar-refractivity contribution >= 4 is 5.91 Å². The molecule has 1 aromatic rings. The third-order valence-corrected chi connectivity index (χ3v) is 5.38. The fraction of sp³-hybridized carbons (Fsp3) is 0.650. The van der Waals surface area contributed by atoms with Crippen molar-refractivity contribution in [1.29, 1.82) is 0 Å². The molecule has 25 heavy (non-hydrogen) atoms. The Kier molecular flexibility index (Phi) is 5.64. The van der Waals surface area contributed by atoms with Gasteiger partial charge in [0.1, 0.15) is 12.4 Å². The molecule has 0 aromatic heterocycles. The van der Waals surface area contributed by atoms with Gasteiger partial charge in [0.05, 0.1) is 12.1 Å². The first-order valence-corrected chi connectivity index (χ1v) is 9.34. The minimum Gasteiger partial charge on any atom is -0.490 e. The van der Waals surface area contributed by atoms with E-state index in [1.54, 1.807) is 0 Å². The Morgan fingerprint density at radius 3 is 2.60 bits per heavy atom. The van der Waals surface area contributed by atoms with E-state index in [1.807, 2.05) is 0 Å². The Morgan fingerprint density at radius 2 is 1.92 bits per heavy atom. The number of benzene rings is 1. The topological polar surface area (TPSA) is 59.6 Å². The molecule has 5 heteroatoms. The van der Waals surface area contributed by atoms with Crippen LogP contribution in [-0.4, -0.2) is 37.8 Å². The van der Waals surface area contributed by atoms with Crippen LogP contribution in [0.25, 0.3) is 0 Å². The Labute approximate surface area is 150 Å². The van der Waals surface area contributed by atoms with Gasteiger partial charge >= 0.3 is 0 Å². The van der Waals surface area contributed by atoms with Gasteiger partial charge in [-0.15, -0.1) is 0 Å². The molecule has 2 N–H and O–H groups in total. The highest BCUT2D eigenvalue weighted by Crippen LogP contribution is 2.36. The van der Waals surface area contributed by atoms with Gasteiger partial charge in [0.25, 0.3) is 0 Å². The Hall–Kier alpha value is -1.59. The van der Waals surface area contributed by atoms with Gasteiger partial charge in [-0.3, -0.25) is 4.79 Å². The first kappa shape index (κ1) is 18.2. The summed E-state index contributed by atoms with van der Waals surface area (Å²) < 4.78 is 11.3. The average molecular weight is 346 g/mol. The molecule has 0 bridgehead atoms. The second-order valence-corrected chi connectivity index (χ2v) is 7.57. The summed E-state index contributed by atoms with van der Waals surface area (Å²) in [6, 6.07) is 4.26. The summed E-state index contributed by atoms with van der Waals surface area (Å²) >= 11 is 0. The SMILES string of the molecule is Cc1ccc2c(c1C)OC[C@H]2NC(=O)[C@@H](NC1CCOCC1)C(C)C. The van der Waals surface area contributed by atoms with Crippen LogP contribution in [0.1, 0.15) is 49.4 Å². The third kappa shape index (κ3) is 3.98. The van der Waals surface area contributed by atoms with Crippen molar-refractivity contribution in [1.82, 2.24) is 10.6 Å². The molecule has 5 nitrogen and oxygen atoms in total. The van der Waals surface area contributed by atoms with E-state index in [2.05, 4.69) is 50.5 Å². The fourth-order valence-corrected chi connectivity index (χ4v) is 3.60. The number of ether oxygens (including phenoxy) is 2. The molecular weight excluding hydrogens is 316 g/mol. The monoisotopic (exact) mass is 346 g/mol. The van der Waals surface area contributed by atoms with Crippen LogP contribution in [0.2, 0.25) is 0 Å². The lowest BCUT2D eigenvalue weighted by atomic mass is 9.98. The van der Waals surface area contributed by atoms with E-state index < -0.39 is 0 Å². The molecular formula is C20H30N2O3. The van der Waals surface area contributed by atoms with Gasteiger partial charge in [-0.05, 0) is 43.7 Å². The molecule has 2 aliphatic heterocycles. The summed E-state index contributed by atoms with van der Waals surface area (Å²) in [4.78, 5) is 12.9. The predicted molar refractivity (Wildman–Crippen MR) is 97.9 cm³/mol. The van der Waals surface area contributed by atoms with Crippen LogP contribution in [0.3, 0.4) is 0 Å². The summed E-state index contributed by atoms with van der Waals surface area (Å²) in [5.41, 5.74) is 3.46. The number of fused-ring (bicyclic) bond motifs is 1. The average Bonchev–Trinajstić information content (AvgIpc) is 3.00. The van der Waals surface area contributed by atoms with Crippen molar-refractivity contribution in [2.75, 3.05) is 19.8 Å². The Morgan fingerprint density at radius 1 is 1.20 bits per heavy atom. The molecule has 2 atom stereocenters. The van der Waals surface area contributed by atoms with Gasteiger partial charge in [0.15, 0.2) is 0 Å². The van der Waals surface area contributed by atoms with Gasteiger partial charge in [0, 0.05) is 24.8 Å². The van der Waals surface area contributed by atoms with Gasteiger partial charge in [-0.1, -0.05) is 26.0 Å². The van der Waals surface area contributed by atoms with Crippen LogP contribution in [0.5, 0.6) is 5.75 Å². The smallest absolute Gasteiger partial charge is 0.238 e. The normalized spacial score (nSPS) is 21.7. The van der Waals surface area contributed by atoms with Crippen LogP contribution >= 0.6 is 0 Å². The fourth-order valence-electron chi connectivity index (χ4n) is 3.60. The molecule has 3 rings (SSSR count). The third-order valence-electron chi connectivity index (χ3n) is 5.38. The van der Waals surface area contributed by atoms with Crippen molar-refractivity contribution in [3.05, 3.63) is 28.8 Å². The maximum Gasteiger partial charge on any atom is 0.238 e. The Balaban J connectivity index is 1.67. The van der Waals surface area contributed by atoms with Crippen molar-refractivity contribution < 1.29 is 14.3 Å². The first-order valence-electron chi connectivity index (χ1n) is 9.34. The molecule has 0 spiro atoms. The molecule has 0 aliphatic carbocycles. The first-order chi connectivity index (χ1) is 12.0. The van der Waals surface area contributed by atoms with Crippen molar-refractivity contribution in [2.24, 2.45) is 5.92 Å². The number of nitrogens with one attached hydrogen (secondary N) is 2. The highest BCUT2D eigenvalue weighted by atomic mass is 16.5. The summed E-state index contributed by atoms with van der Waals surface area (Å²) in [5, 5.41) is 6.74. The van der Waals surface area contributed by atoms with Crippen LogP contribution in [0.15, 0.2) is 12.1 Å². The van der Waals surface area contributed by atoms with E-state index in [0.717, 1.165) is 42.9 Å². The van der Waals surface area contributed by atoms with Gasteiger partial charge in [0.2, 0.25) is 5.91 Å². The molecule has 1 fully saturated rings. The maximum atomic E-state index is 12.9. The van der Waals surface area contributed by atoms with Crippen molar-refractivity contribution in [2.45, 2.75) is 58.7 Å². The van der Waals surface area contributed by atoms with Crippen LogP contribution in [-0.2, 0) is 9.53 Å². The van der Waals surface area contributed by atoms with E-state index >= 15 is 0 Å². The molecule has 2 heterocycles. The molecule has 2 aliphatic rings. The Bertz CT molecular complexity index is 624. The second-order valence-electron chi connectivity index (χ2n) is 7.57. The number of carbonyl (C=O) groups excluding carboxylic acids is 1. The standard InChI is InChI=1S/C20H30N2O3/c1-12(2)18(21-15-7-9-24-10-8-15)20(23)22-17-11-25-19-14(4)13(3)5-6-16(17)19/h5-6,12,15,17-18,21H,7-11H2,1-4H3,(H,22,23)/t17-,18+/m1/s1. The summed E-state index contributed by atoms with van der Waals surface area (Å²) in [7, 11) is 0. The maximum absolute atomic E-state index is 12.9. The van der Waals surface area contributed by atoms with E-state index in [4.69, 9.17) is 9.47 Å². The lowest BCUT2D eigenvalue weighted by Crippen LogP contribution is -2.53. The van der Waals surface area contributed by atoms with Crippen molar-refractivity contribution in [3.63, 3.8) is 0 Å². The van der Waals surface area contributed by atoms with E-state index in [-0.39, 0.29) is 23.9 Å². The zero-order valence-corrected chi connectivity index (χ0v) is 15.7. The zero-order chi connectivity index (χ0) is 18.0. The number of aryl methyl sites for hydroxylation is 1. The molecule has 0 radical (unpaired) electrons. The number of hydrogen-bond donors (Lipinski definition) is 2. The highest BCUT2D eigenvalue weighted by molar-refractivity contribution is 5.82. The summed E-state index contributed by atoms with van der Waals surface area (Å²) in [6.45, 7) is 10.4. The quantitative estimate of drug-likeness (QED) is 0.860. The molecule has 0 saturated carbocycles. The van der Waals surface area contributed by atoms with Crippen LogP contribution < -0.4 is 15.4 Å². The number of rotatable bonds is 5. The van der Waals surface area contributed by atoms with Gasteiger partial charge in [-0.25, -0.2) is 0 Å². The second kappa shape index (κ2) is 7.75. The molecule has 1 aromatic carbocycles. The molecule has 0 unspecified atom stereocenters. The minimum atomic E-state index is -0.196. The van der Waals surface area contributed by atoms with E-state index in [9.17, 15) is 4.79 Å². The van der Waals surface area contributed by atoms with E-state index in [1.165, 1.54) is 5.56 Å². The largest absolute Gasteiger partial charge is 0.490 e. The number of hydrogen-bond acceptors (Lipinski definition) is 4. The summed E-state index contributed by atoms with van der Waals surface area (Å²) in [6.07, 6.45) is 1.93. The number of amides is 1. The van der Waals surface area contributed by atoms with Crippen LogP contribution in [0, 0.1) is 19.8 Å². The highest BCUT2D eigenvalue weighted by Gasteiger charge is 2.32. The minimum absolute atomic E-state index is 0.0566. The summed E-state index contributed by atoms with van der Waals surface area (Å²) in [5.74, 6) is 1.22. The van der Waals surface area contributed by atoms with Gasteiger partial charge in [-0.2, -0.15) is 0 Å². The van der Waals surface area contributed by atoms with Gasteiger partial charge < -0.3 is 20.1 Å². The molecule has 1 saturated heterocycles. The predicted octanol–water partition coefficient (Wildman–Crippen LogP) is 2.65.